The number of benzene rings is 1. The summed E-state index contributed by atoms with van der Waals surface area (Å²) in [5.74, 6) is 0.590. The molecule has 0 amide bonds. The molecule has 2 rings (SSSR count). The van der Waals surface area contributed by atoms with Crippen LogP contribution >= 0.6 is 11.6 Å². The van der Waals surface area contributed by atoms with Gasteiger partial charge in [0.05, 0.1) is 18.2 Å². The Kier molecular flexibility index (Phi) is 6.15. The molecule has 0 aliphatic carbocycles. The number of nitrogens with one attached hydrogen (secondary N) is 1. The molecule has 0 bridgehead atoms. The third kappa shape index (κ3) is 4.79. The summed E-state index contributed by atoms with van der Waals surface area (Å²) in [6.45, 7) is 3.94. The summed E-state index contributed by atoms with van der Waals surface area (Å²) in [6.07, 6.45) is 4.81. The van der Waals surface area contributed by atoms with Crippen LogP contribution in [0.5, 0.6) is 0 Å². The van der Waals surface area contributed by atoms with Crippen LogP contribution in [0.4, 0.5) is 0 Å². The van der Waals surface area contributed by atoms with Crippen LogP contribution in [0, 0.1) is 5.92 Å². The van der Waals surface area contributed by atoms with Crippen LogP contribution in [0.25, 0.3) is 0 Å². The molecule has 0 radical (unpaired) electrons. The molecule has 3 heteroatoms. The number of halogens is 1. The van der Waals surface area contributed by atoms with Gasteiger partial charge in [0.15, 0.2) is 0 Å². The molecule has 1 aliphatic heterocycles. The Balaban J connectivity index is 1.88. The Hall–Kier alpha value is -0.570. The molecule has 1 N–H and O–H groups in total. The highest BCUT2D eigenvalue weighted by atomic mass is 35.5. The molecule has 0 saturated carbocycles. The smallest absolute Gasteiger partial charge is 0.0829 e. The van der Waals surface area contributed by atoms with Gasteiger partial charge in [-0.25, -0.2) is 0 Å². The highest BCUT2D eigenvalue weighted by Crippen LogP contribution is 2.27. The van der Waals surface area contributed by atoms with Crippen molar-refractivity contribution in [3.05, 3.63) is 35.9 Å². The lowest BCUT2D eigenvalue weighted by molar-refractivity contribution is -0.0151. The van der Waals surface area contributed by atoms with Gasteiger partial charge in [-0.3, -0.25) is 0 Å². The van der Waals surface area contributed by atoms with Crippen molar-refractivity contribution in [2.75, 3.05) is 6.54 Å². The minimum atomic E-state index is 0.110. The fraction of sp³-hybridized carbons (Fsp3) is 0.625. The zero-order valence-corrected chi connectivity index (χ0v) is 12.4. The van der Waals surface area contributed by atoms with Crippen LogP contribution in [0.2, 0.25) is 0 Å². The molecule has 106 valence electrons. The highest BCUT2D eigenvalue weighted by molar-refractivity contribution is 6.20. The molecule has 1 aliphatic rings. The number of piperidine rings is 1. The van der Waals surface area contributed by atoms with E-state index in [1.54, 1.807) is 0 Å². The Bertz CT molecular complexity index is 357. The first-order valence-electron chi connectivity index (χ1n) is 7.32. The maximum absolute atomic E-state index is 6.21. The summed E-state index contributed by atoms with van der Waals surface area (Å²) in [5, 5.41) is 3.29. The van der Waals surface area contributed by atoms with Gasteiger partial charge in [-0.2, -0.15) is 0 Å². The van der Waals surface area contributed by atoms with E-state index < -0.39 is 0 Å². The lowest BCUT2D eigenvalue weighted by atomic mass is 9.89. The van der Waals surface area contributed by atoms with E-state index in [0.717, 1.165) is 25.8 Å². The Labute approximate surface area is 121 Å². The van der Waals surface area contributed by atoms with Gasteiger partial charge in [0, 0.05) is 0 Å². The summed E-state index contributed by atoms with van der Waals surface area (Å²) >= 11 is 6.21. The molecule has 2 nitrogen and oxygen atoms in total. The molecule has 3 unspecified atom stereocenters. The number of ether oxygens (including phenoxy) is 1. The van der Waals surface area contributed by atoms with E-state index in [4.69, 9.17) is 16.3 Å². The van der Waals surface area contributed by atoms with Gasteiger partial charge in [-0.1, -0.05) is 43.7 Å². The molecule has 0 spiro atoms. The molecule has 1 fully saturated rings. The topological polar surface area (TPSA) is 21.3 Å². The fourth-order valence-corrected chi connectivity index (χ4v) is 3.09. The maximum atomic E-state index is 6.21. The van der Waals surface area contributed by atoms with Crippen LogP contribution in [0.1, 0.15) is 38.2 Å². The number of rotatable bonds is 6. The first-order valence-corrected chi connectivity index (χ1v) is 7.76. The van der Waals surface area contributed by atoms with E-state index in [-0.39, 0.29) is 5.50 Å². The van der Waals surface area contributed by atoms with Gasteiger partial charge in [-0.05, 0) is 37.3 Å². The lowest BCUT2D eigenvalue weighted by Gasteiger charge is -2.33. The van der Waals surface area contributed by atoms with E-state index in [1.807, 2.05) is 6.07 Å². The van der Waals surface area contributed by atoms with E-state index in [1.165, 1.54) is 12.0 Å². The van der Waals surface area contributed by atoms with Crippen LogP contribution in [-0.2, 0) is 11.3 Å². The maximum Gasteiger partial charge on any atom is 0.0829 e. The van der Waals surface area contributed by atoms with Gasteiger partial charge in [-0.15, -0.1) is 11.6 Å². The molecule has 1 aromatic carbocycles. The predicted octanol–water partition coefficient (Wildman–Crippen LogP) is 3.94. The second kappa shape index (κ2) is 7.88. The van der Waals surface area contributed by atoms with Crippen molar-refractivity contribution in [1.29, 1.82) is 0 Å². The first-order chi connectivity index (χ1) is 9.29. The first kappa shape index (κ1) is 14.8. The summed E-state index contributed by atoms with van der Waals surface area (Å²) in [5.41, 5.74) is 1.36. The zero-order chi connectivity index (χ0) is 13.5. The van der Waals surface area contributed by atoms with Gasteiger partial charge >= 0.3 is 0 Å². The van der Waals surface area contributed by atoms with E-state index >= 15 is 0 Å². The molecule has 1 heterocycles. The van der Waals surface area contributed by atoms with E-state index in [9.17, 15) is 0 Å². The lowest BCUT2D eigenvalue weighted by Crippen LogP contribution is -2.39. The van der Waals surface area contributed by atoms with Crippen molar-refractivity contribution in [1.82, 2.24) is 5.32 Å². The van der Waals surface area contributed by atoms with E-state index in [0.29, 0.717) is 18.6 Å². The highest BCUT2D eigenvalue weighted by Gasteiger charge is 2.27. The van der Waals surface area contributed by atoms with Crippen molar-refractivity contribution < 1.29 is 4.74 Å². The number of hydrogen-bond donors (Lipinski definition) is 1. The van der Waals surface area contributed by atoms with Crippen molar-refractivity contribution in [3.8, 4) is 0 Å². The van der Waals surface area contributed by atoms with Gasteiger partial charge in [0.25, 0.3) is 0 Å². The third-order valence-corrected chi connectivity index (χ3v) is 4.13. The zero-order valence-electron chi connectivity index (χ0n) is 11.6. The van der Waals surface area contributed by atoms with Crippen molar-refractivity contribution in [2.24, 2.45) is 5.92 Å². The molecule has 3 atom stereocenters. The van der Waals surface area contributed by atoms with Crippen molar-refractivity contribution in [2.45, 2.75) is 50.8 Å². The molecule has 1 aromatic rings. The standard InChI is InChI=1S/C16H24ClNO/c1-2-6-15(14-9-10-18-16(17)11-14)19-12-13-7-4-3-5-8-13/h3-5,7-8,14-16,18H,2,6,9-12H2,1H3. The van der Waals surface area contributed by atoms with Crippen molar-refractivity contribution in [3.63, 3.8) is 0 Å². The monoisotopic (exact) mass is 281 g/mol. The average Bonchev–Trinajstić information content (AvgIpc) is 2.44. The molecule has 0 aromatic heterocycles. The van der Waals surface area contributed by atoms with Gasteiger partial charge in [0.2, 0.25) is 0 Å². The fourth-order valence-electron chi connectivity index (χ4n) is 2.75. The van der Waals surface area contributed by atoms with Gasteiger partial charge in [0.1, 0.15) is 0 Å². The molecule has 19 heavy (non-hydrogen) atoms. The Morgan fingerprint density at radius 2 is 2.16 bits per heavy atom. The minimum Gasteiger partial charge on any atom is -0.373 e. The van der Waals surface area contributed by atoms with Crippen LogP contribution < -0.4 is 5.32 Å². The SMILES string of the molecule is CCCC(OCc1ccccc1)C1CCNC(Cl)C1. The number of alkyl halides is 1. The quantitative estimate of drug-likeness (QED) is 0.630. The summed E-state index contributed by atoms with van der Waals surface area (Å²) < 4.78 is 6.17. The summed E-state index contributed by atoms with van der Waals surface area (Å²) in [7, 11) is 0. The third-order valence-electron chi connectivity index (χ3n) is 3.80. The van der Waals surface area contributed by atoms with Gasteiger partial charge < -0.3 is 10.1 Å². The largest absolute Gasteiger partial charge is 0.373 e. The second-order valence-corrected chi connectivity index (χ2v) is 5.86. The van der Waals surface area contributed by atoms with Crippen LogP contribution in [-0.4, -0.2) is 18.1 Å². The normalized spacial score (nSPS) is 25.2. The summed E-state index contributed by atoms with van der Waals surface area (Å²) in [6, 6.07) is 10.4. The Morgan fingerprint density at radius 3 is 2.84 bits per heavy atom. The molecular formula is C16H24ClNO. The Morgan fingerprint density at radius 1 is 1.37 bits per heavy atom. The predicted molar refractivity (Wildman–Crippen MR) is 80.3 cm³/mol. The van der Waals surface area contributed by atoms with Crippen LogP contribution in [0.15, 0.2) is 30.3 Å². The minimum absolute atomic E-state index is 0.110. The average molecular weight is 282 g/mol. The summed E-state index contributed by atoms with van der Waals surface area (Å²) in [4.78, 5) is 0. The van der Waals surface area contributed by atoms with E-state index in [2.05, 4.69) is 36.5 Å². The second-order valence-electron chi connectivity index (χ2n) is 5.33. The number of hydrogen-bond acceptors (Lipinski definition) is 2. The van der Waals surface area contributed by atoms with Crippen LogP contribution in [0.3, 0.4) is 0 Å². The molecule has 1 saturated heterocycles. The molecular weight excluding hydrogens is 258 g/mol. The van der Waals surface area contributed by atoms with Crippen molar-refractivity contribution >= 4 is 11.6 Å².